The van der Waals surface area contributed by atoms with Gasteiger partial charge in [0, 0.05) is 65.3 Å². The highest BCUT2D eigenvalue weighted by Crippen LogP contribution is 2.52. The van der Waals surface area contributed by atoms with E-state index in [0.717, 1.165) is 0 Å². The molecule has 0 saturated carbocycles. The van der Waals surface area contributed by atoms with Gasteiger partial charge in [-0.2, -0.15) is 0 Å². The lowest BCUT2D eigenvalue weighted by atomic mass is 9.82. The van der Waals surface area contributed by atoms with Crippen molar-refractivity contribution in [1.29, 1.82) is 0 Å². The van der Waals surface area contributed by atoms with Crippen molar-refractivity contribution in [2.75, 3.05) is 28.4 Å². The van der Waals surface area contributed by atoms with Crippen LogP contribution >= 0.6 is 0 Å². The Kier molecular flexibility index (Phi) is 5.46. The van der Waals surface area contributed by atoms with Crippen molar-refractivity contribution >= 4 is 66.2 Å². The number of carbonyl (C=O) groups excluding carboxylic acids is 4. The average molecular weight is 559 g/mol. The molecule has 0 N–H and O–H groups in total. The zero-order chi connectivity index (χ0) is 29.4. The lowest BCUT2D eigenvalue weighted by molar-refractivity contribution is 0.0995. The highest BCUT2D eigenvalue weighted by molar-refractivity contribution is 6.40. The Morgan fingerprint density at radius 3 is 1.14 bits per heavy atom. The van der Waals surface area contributed by atoms with Gasteiger partial charge >= 0.3 is 0 Å². The first kappa shape index (κ1) is 25.5. The van der Waals surface area contributed by atoms with Gasteiger partial charge in [-0.05, 0) is 60.7 Å². The molecule has 2 aliphatic carbocycles. The normalized spacial score (nSPS) is 14.2. The maximum atomic E-state index is 13.5. The zero-order valence-electron chi connectivity index (χ0n) is 23.0. The summed E-state index contributed by atoms with van der Waals surface area (Å²) in [4.78, 5) is 53.2. The van der Waals surface area contributed by atoms with Crippen molar-refractivity contribution < 1.29 is 38.1 Å². The molecular formula is C34H22O8. The average Bonchev–Trinajstić information content (AvgIpc) is 3.01. The van der Waals surface area contributed by atoms with E-state index < -0.39 is 0 Å². The van der Waals surface area contributed by atoms with Gasteiger partial charge in [0.2, 0.25) is 0 Å². The predicted molar refractivity (Wildman–Crippen MR) is 158 cm³/mol. The number of carbonyl (C=O) groups is 4. The summed E-state index contributed by atoms with van der Waals surface area (Å²) in [5.41, 5.74) is 0.842. The van der Waals surface area contributed by atoms with E-state index in [4.69, 9.17) is 18.9 Å². The number of rotatable bonds is 4. The first-order chi connectivity index (χ1) is 20.3. The molecule has 0 spiro atoms. The number of fused-ring (bicyclic) bond motifs is 11. The quantitative estimate of drug-likeness (QED) is 0.240. The zero-order valence-corrected chi connectivity index (χ0v) is 23.0. The second-order valence-corrected chi connectivity index (χ2v) is 10.0. The number of benzene rings is 5. The molecule has 206 valence electrons. The van der Waals surface area contributed by atoms with Crippen LogP contribution in [0.15, 0.2) is 60.7 Å². The molecule has 5 aromatic rings. The fourth-order valence-electron chi connectivity index (χ4n) is 6.40. The van der Waals surface area contributed by atoms with Gasteiger partial charge < -0.3 is 18.9 Å². The fraction of sp³-hybridized carbons (Fsp3) is 0.118. The van der Waals surface area contributed by atoms with Crippen molar-refractivity contribution in [3.8, 4) is 23.0 Å². The van der Waals surface area contributed by atoms with Gasteiger partial charge in [0.05, 0.1) is 28.4 Å². The van der Waals surface area contributed by atoms with E-state index in [2.05, 4.69) is 0 Å². The SMILES string of the molecule is COc1cc2c(c3c1ccc1c(OC)c(OC)c4ccc5c(OC)cc6c(c5c4c13)C(=O)C=CC6=O)C(=O)C=CC2=O. The molecule has 42 heavy (non-hydrogen) atoms. The standard InChI is InChI=1S/C34H22O8/c1-39-25-13-19-21(35)9-11-23(37)27(19)29-15(25)5-7-17-31(29)32-18(34(42-4)33(17)41-3)8-6-16-26(40-2)14-20-22(36)10-12-24(38)28(20)30(16)32/h5-14H,1-4H3. The molecule has 0 heterocycles. The van der Waals surface area contributed by atoms with Crippen LogP contribution in [0.25, 0.3) is 43.1 Å². The van der Waals surface area contributed by atoms with Crippen LogP contribution in [0.5, 0.6) is 23.0 Å². The minimum atomic E-state index is -0.346. The summed E-state index contributed by atoms with van der Waals surface area (Å²) in [6.45, 7) is 0. The summed E-state index contributed by atoms with van der Waals surface area (Å²) in [6.07, 6.45) is 5.01. The van der Waals surface area contributed by atoms with Gasteiger partial charge in [-0.25, -0.2) is 0 Å². The Balaban J connectivity index is 1.91. The Morgan fingerprint density at radius 1 is 0.429 bits per heavy atom. The fourth-order valence-corrected chi connectivity index (χ4v) is 6.40. The van der Waals surface area contributed by atoms with Crippen molar-refractivity contribution in [3.63, 3.8) is 0 Å². The van der Waals surface area contributed by atoms with Crippen LogP contribution in [-0.2, 0) is 0 Å². The van der Waals surface area contributed by atoms with E-state index in [9.17, 15) is 19.2 Å². The largest absolute Gasteiger partial charge is 0.496 e. The lowest BCUT2D eigenvalue weighted by Gasteiger charge is -2.23. The molecule has 0 radical (unpaired) electrons. The highest BCUT2D eigenvalue weighted by Gasteiger charge is 2.31. The topological polar surface area (TPSA) is 105 Å². The third-order valence-electron chi connectivity index (χ3n) is 8.12. The summed E-state index contributed by atoms with van der Waals surface area (Å²) in [7, 11) is 6.03. The van der Waals surface area contributed by atoms with Gasteiger partial charge in [0.25, 0.3) is 0 Å². The molecule has 2 aliphatic rings. The van der Waals surface area contributed by atoms with Gasteiger partial charge in [0.15, 0.2) is 34.6 Å². The van der Waals surface area contributed by atoms with E-state index in [0.29, 0.717) is 66.1 Å². The molecule has 0 amide bonds. The Labute approximate surface area is 238 Å². The van der Waals surface area contributed by atoms with Crippen LogP contribution < -0.4 is 18.9 Å². The lowest BCUT2D eigenvalue weighted by Crippen LogP contribution is -2.14. The minimum absolute atomic E-state index is 0.205. The van der Waals surface area contributed by atoms with E-state index in [1.165, 1.54) is 52.7 Å². The van der Waals surface area contributed by atoms with Gasteiger partial charge in [-0.1, -0.05) is 0 Å². The third-order valence-corrected chi connectivity index (χ3v) is 8.12. The third kappa shape index (κ3) is 3.17. The Morgan fingerprint density at radius 2 is 0.786 bits per heavy atom. The first-order valence-electron chi connectivity index (χ1n) is 13.1. The number of hydrogen-bond donors (Lipinski definition) is 0. The van der Waals surface area contributed by atoms with E-state index >= 15 is 0 Å². The molecule has 0 atom stereocenters. The minimum Gasteiger partial charge on any atom is -0.496 e. The molecule has 8 heteroatoms. The van der Waals surface area contributed by atoms with E-state index in [1.54, 1.807) is 24.3 Å². The Bertz CT molecular complexity index is 2040. The molecule has 0 aliphatic heterocycles. The van der Waals surface area contributed by atoms with Crippen molar-refractivity contribution in [2.45, 2.75) is 0 Å². The summed E-state index contributed by atoms with van der Waals surface area (Å²) >= 11 is 0. The van der Waals surface area contributed by atoms with Crippen LogP contribution in [0.1, 0.15) is 41.4 Å². The second kappa shape index (κ2) is 9.01. The number of hydrogen-bond acceptors (Lipinski definition) is 8. The van der Waals surface area contributed by atoms with Gasteiger partial charge in [-0.3, -0.25) is 19.2 Å². The smallest absolute Gasteiger partial charge is 0.187 e. The van der Waals surface area contributed by atoms with Crippen LogP contribution in [0.4, 0.5) is 0 Å². The molecule has 0 saturated heterocycles. The van der Waals surface area contributed by atoms with Crippen molar-refractivity contribution in [3.05, 3.63) is 83.0 Å². The summed E-state index contributed by atoms with van der Waals surface area (Å²) in [6, 6.07) is 10.4. The van der Waals surface area contributed by atoms with Crippen molar-refractivity contribution in [1.82, 2.24) is 0 Å². The van der Waals surface area contributed by atoms with Crippen molar-refractivity contribution in [2.24, 2.45) is 0 Å². The molecule has 0 fully saturated rings. The summed E-state index contributed by atoms with van der Waals surface area (Å²) in [5, 5.41) is 4.34. The van der Waals surface area contributed by atoms with Crippen LogP contribution in [0, 0.1) is 0 Å². The maximum absolute atomic E-state index is 13.5. The summed E-state index contributed by atoms with van der Waals surface area (Å²) in [5.74, 6) is 0.258. The van der Waals surface area contributed by atoms with Gasteiger partial charge in [-0.15, -0.1) is 0 Å². The predicted octanol–water partition coefficient (Wildman–Crippen LogP) is 6.20. The molecule has 0 bridgehead atoms. The van der Waals surface area contributed by atoms with Crippen LogP contribution in [0.2, 0.25) is 0 Å². The van der Waals surface area contributed by atoms with Crippen LogP contribution in [-0.4, -0.2) is 51.6 Å². The maximum Gasteiger partial charge on any atom is 0.187 e. The molecule has 8 nitrogen and oxygen atoms in total. The second-order valence-electron chi connectivity index (χ2n) is 10.0. The number of ether oxygens (including phenoxy) is 4. The number of methoxy groups -OCH3 is 4. The van der Waals surface area contributed by atoms with Gasteiger partial charge in [0.1, 0.15) is 11.5 Å². The van der Waals surface area contributed by atoms with E-state index in [1.807, 2.05) is 12.1 Å². The molecular weight excluding hydrogens is 536 g/mol. The Hall–Kier alpha value is -5.50. The summed E-state index contributed by atoms with van der Waals surface area (Å²) < 4.78 is 23.2. The molecule has 7 rings (SSSR count). The molecule has 5 aromatic carbocycles. The highest BCUT2D eigenvalue weighted by atomic mass is 16.5. The van der Waals surface area contributed by atoms with E-state index in [-0.39, 0.29) is 45.4 Å². The number of ketones is 4. The van der Waals surface area contributed by atoms with Crippen LogP contribution in [0.3, 0.4) is 0 Å². The molecule has 0 aromatic heterocycles. The monoisotopic (exact) mass is 558 g/mol. The number of allylic oxidation sites excluding steroid dienone is 4. The first-order valence-corrected chi connectivity index (χ1v) is 13.1. The molecule has 0 unspecified atom stereocenters.